The summed E-state index contributed by atoms with van der Waals surface area (Å²) in [5.41, 5.74) is 1.03. The van der Waals surface area contributed by atoms with E-state index < -0.39 is 0 Å². The van der Waals surface area contributed by atoms with Crippen molar-refractivity contribution in [2.75, 3.05) is 27.4 Å². The third kappa shape index (κ3) is 3.20. The topological polar surface area (TPSA) is 86.9 Å². The average Bonchev–Trinajstić information content (AvgIpc) is 2.98. The molecule has 8 nitrogen and oxygen atoms in total. The molecule has 3 rings (SSSR count). The Kier molecular flexibility index (Phi) is 4.71. The molecule has 0 unspecified atom stereocenters. The van der Waals surface area contributed by atoms with Crippen LogP contribution in [0.4, 0.5) is 0 Å². The Hall–Kier alpha value is -2.87. The van der Waals surface area contributed by atoms with Crippen LogP contribution in [0.25, 0.3) is 16.4 Å². The molecule has 0 fully saturated rings. The fourth-order valence-corrected chi connectivity index (χ4v) is 2.82. The largest absolute Gasteiger partial charge is 0.497 e. The summed E-state index contributed by atoms with van der Waals surface area (Å²) in [6.07, 6.45) is 0. The fraction of sp³-hybridized carbons (Fsp3) is 0.353. The number of nitrogens with one attached hydrogen (secondary N) is 1. The molecule has 0 bridgehead atoms. The SMILES string of the molecule is COCCNC(=O)Cn1nc(C)n2c(cc3cc(OC)ccc32)c1=O. The number of fused-ring (bicyclic) bond motifs is 3. The van der Waals surface area contributed by atoms with Crippen molar-refractivity contribution in [3.63, 3.8) is 0 Å². The van der Waals surface area contributed by atoms with Crippen LogP contribution >= 0.6 is 0 Å². The lowest BCUT2D eigenvalue weighted by molar-refractivity contribution is -0.122. The highest BCUT2D eigenvalue weighted by atomic mass is 16.5. The number of carbonyl (C=O) groups is 1. The number of benzene rings is 1. The first kappa shape index (κ1) is 17.0. The van der Waals surface area contributed by atoms with Gasteiger partial charge in [-0.15, -0.1) is 0 Å². The number of methoxy groups -OCH3 is 2. The maximum absolute atomic E-state index is 12.7. The number of aromatic nitrogens is 3. The molecule has 0 radical (unpaired) electrons. The highest BCUT2D eigenvalue weighted by Gasteiger charge is 2.14. The molecule has 1 amide bonds. The molecule has 0 atom stereocenters. The zero-order valence-electron chi connectivity index (χ0n) is 14.4. The number of carbonyl (C=O) groups excluding carboxylic acids is 1. The summed E-state index contributed by atoms with van der Waals surface area (Å²) in [5, 5.41) is 7.84. The first-order chi connectivity index (χ1) is 12.0. The van der Waals surface area contributed by atoms with Crippen LogP contribution in [0.3, 0.4) is 0 Å². The predicted molar refractivity (Wildman–Crippen MR) is 93.1 cm³/mol. The summed E-state index contributed by atoms with van der Waals surface area (Å²) in [6, 6.07) is 7.37. The first-order valence-corrected chi connectivity index (χ1v) is 7.87. The Labute approximate surface area is 144 Å². The van der Waals surface area contributed by atoms with Crippen molar-refractivity contribution in [1.29, 1.82) is 0 Å². The minimum Gasteiger partial charge on any atom is -0.497 e. The van der Waals surface area contributed by atoms with Crippen LogP contribution in [-0.4, -0.2) is 47.5 Å². The van der Waals surface area contributed by atoms with Crippen molar-refractivity contribution in [3.05, 3.63) is 40.4 Å². The molecular formula is C17H20N4O4. The van der Waals surface area contributed by atoms with Gasteiger partial charge < -0.3 is 14.8 Å². The number of ether oxygens (including phenoxy) is 2. The quantitative estimate of drug-likeness (QED) is 0.666. The lowest BCUT2D eigenvalue weighted by Gasteiger charge is -2.09. The Morgan fingerprint density at radius 2 is 2.04 bits per heavy atom. The summed E-state index contributed by atoms with van der Waals surface area (Å²) in [7, 11) is 3.15. The monoisotopic (exact) mass is 344 g/mol. The standard InChI is InChI=1S/C17H20N4O4/c1-11-19-20(10-16(22)18-6-7-24-2)17(23)15-9-12-8-13(25-3)4-5-14(12)21(11)15/h4-5,8-9H,6-7,10H2,1-3H3,(H,18,22). The van der Waals surface area contributed by atoms with Crippen molar-refractivity contribution >= 4 is 22.3 Å². The van der Waals surface area contributed by atoms with Gasteiger partial charge in [0.2, 0.25) is 5.91 Å². The highest BCUT2D eigenvalue weighted by molar-refractivity contribution is 5.88. The summed E-state index contributed by atoms with van der Waals surface area (Å²) in [6.45, 7) is 2.47. The van der Waals surface area contributed by atoms with Gasteiger partial charge >= 0.3 is 0 Å². The Balaban J connectivity index is 2.02. The molecule has 25 heavy (non-hydrogen) atoms. The fourth-order valence-electron chi connectivity index (χ4n) is 2.82. The van der Waals surface area contributed by atoms with E-state index in [9.17, 15) is 9.59 Å². The molecule has 1 aromatic carbocycles. The van der Waals surface area contributed by atoms with Gasteiger partial charge in [0, 0.05) is 19.0 Å². The number of rotatable bonds is 6. The van der Waals surface area contributed by atoms with E-state index in [0.29, 0.717) is 30.2 Å². The van der Waals surface area contributed by atoms with Crippen LogP contribution in [0, 0.1) is 6.92 Å². The van der Waals surface area contributed by atoms with Crippen molar-refractivity contribution in [2.45, 2.75) is 13.5 Å². The summed E-state index contributed by atoms with van der Waals surface area (Å²) < 4.78 is 13.1. The molecule has 0 spiro atoms. The third-order valence-electron chi connectivity index (χ3n) is 3.97. The second-order valence-corrected chi connectivity index (χ2v) is 5.64. The number of nitrogens with zero attached hydrogens (tertiary/aromatic N) is 3. The van der Waals surface area contributed by atoms with Crippen molar-refractivity contribution in [1.82, 2.24) is 19.5 Å². The predicted octanol–water partition coefficient (Wildman–Crippen LogP) is 0.729. The van der Waals surface area contributed by atoms with Gasteiger partial charge in [0.1, 0.15) is 23.6 Å². The van der Waals surface area contributed by atoms with Gasteiger partial charge in [-0.1, -0.05) is 0 Å². The Morgan fingerprint density at radius 1 is 1.24 bits per heavy atom. The number of aryl methyl sites for hydroxylation is 1. The van der Waals surface area contributed by atoms with Gasteiger partial charge in [-0.2, -0.15) is 5.10 Å². The van der Waals surface area contributed by atoms with E-state index in [1.807, 2.05) is 18.2 Å². The minimum atomic E-state index is -0.317. The zero-order valence-corrected chi connectivity index (χ0v) is 14.4. The maximum Gasteiger partial charge on any atom is 0.291 e. The number of hydrogen-bond acceptors (Lipinski definition) is 5. The molecular weight excluding hydrogens is 324 g/mol. The Morgan fingerprint density at radius 3 is 2.76 bits per heavy atom. The van der Waals surface area contributed by atoms with E-state index in [-0.39, 0.29) is 18.0 Å². The molecule has 0 aliphatic carbocycles. The maximum atomic E-state index is 12.7. The summed E-state index contributed by atoms with van der Waals surface area (Å²) >= 11 is 0. The van der Waals surface area contributed by atoms with E-state index in [2.05, 4.69) is 10.4 Å². The lowest BCUT2D eigenvalue weighted by Crippen LogP contribution is -2.36. The van der Waals surface area contributed by atoms with E-state index in [4.69, 9.17) is 9.47 Å². The van der Waals surface area contributed by atoms with Gasteiger partial charge in [0.05, 0.1) is 19.2 Å². The average molecular weight is 344 g/mol. The first-order valence-electron chi connectivity index (χ1n) is 7.87. The van der Waals surface area contributed by atoms with Gasteiger partial charge in [0.15, 0.2) is 0 Å². The summed E-state index contributed by atoms with van der Waals surface area (Å²) in [5.74, 6) is 1.06. The van der Waals surface area contributed by atoms with Crippen LogP contribution in [0.15, 0.2) is 29.1 Å². The van der Waals surface area contributed by atoms with E-state index in [1.54, 1.807) is 31.6 Å². The molecule has 132 valence electrons. The molecule has 0 aliphatic heterocycles. The molecule has 0 saturated heterocycles. The molecule has 1 N–H and O–H groups in total. The molecule has 2 aromatic heterocycles. The molecule has 0 aliphatic rings. The second kappa shape index (κ2) is 6.94. The van der Waals surface area contributed by atoms with E-state index >= 15 is 0 Å². The number of hydrogen-bond donors (Lipinski definition) is 1. The normalized spacial score (nSPS) is 11.2. The van der Waals surface area contributed by atoms with Crippen molar-refractivity contribution < 1.29 is 14.3 Å². The molecule has 3 aromatic rings. The van der Waals surface area contributed by atoms with Gasteiger partial charge in [-0.25, -0.2) is 4.68 Å². The molecule has 8 heteroatoms. The van der Waals surface area contributed by atoms with E-state index in [0.717, 1.165) is 10.9 Å². The van der Waals surface area contributed by atoms with Crippen LogP contribution in [0.5, 0.6) is 5.75 Å². The van der Waals surface area contributed by atoms with E-state index in [1.165, 1.54) is 4.68 Å². The molecule has 2 heterocycles. The van der Waals surface area contributed by atoms with Gasteiger partial charge in [0.25, 0.3) is 5.56 Å². The molecule has 0 saturated carbocycles. The van der Waals surface area contributed by atoms with Gasteiger partial charge in [-0.05, 0) is 31.2 Å². The minimum absolute atomic E-state index is 0.134. The third-order valence-corrected chi connectivity index (χ3v) is 3.97. The second-order valence-electron chi connectivity index (χ2n) is 5.64. The van der Waals surface area contributed by atoms with Crippen LogP contribution < -0.4 is 15.6 Å². The van der Waals surface area contributed by atoms with Crippen LogP contribution in [0.2, 0.25) is 0 Å². The Bertz CT molecular complexity index is 990. The van der Waals surface area contributed by atoms with Crippen molar-refractivity contribution in [2.24, 2.45) is 0 Å². The summed E-state index contributed by atoms with van der Waals surface area (Å²) in [4.78, 5) is 24.7. The highest BCUT2D eigenvalue weighted by Crippen LogP contribution is 2.23. The van der Waals surface area contributed by atoms with Gasteiger partial charge in [-0.3, -0.25) is 14.0 Å². The van der Waals surface area contributed by atoms with Crippen molar-refractivity contribution in [3.8, 4) is 5.75 Å². The zero-order chi connectivity index (χ0) is 18.0. The number of amides is 1. The lowest BCUT2D eigenvalue weighted by atomic mass is 10.2. The smallest absolute Gasteiger partial charge is 0.291 e. The van der Waals surface area contributed by atoms with Crippen LogP contribution in [0.1, 0.15) is 5.82 Å². The van der Waals surface area contributed by atoms with Crippen LogP contribution in [-0.2, 0) is 16.1 Å².